The lowest BCUT2D eigenvalue weighted by molar-refractivity contribution is -0.131. The summed E-state index contributed by atoms with van der Waals surface area (Å²) in [5.41, 5.74) is 6.63. The Hall–Kier alpha value is -2.85. The van der Waals surface area contributed by atoms with Crippen LogP contribution < -0.4 is 26.4 Å². The Balaban J connectivity index is 1.58. The number of unbranched alkanes of at least 4 members (excludes halogenated alkanes) is 1. The van der Waals surface area contributed by atoms with E-state index in [0.717, 1.165) is 24.2 Å². The van der Waals surface area contributed by atoms with E-state index in [1.807, 2.05) is 24.3 Å². The Bertz CT molecular complexity index is 912. The number of rotatable bonds is 10. The average Bonchev–Trinajstić information content (AvgIpc) is 2.87. The molecule has 0 bridgehead atoms. The smallest absolute Gasteiger partial charge is 0.407 e. The van der Waals surface area contributed by atoms with Gasteiger partial charge in [0.25, 0.3) is 0 Å². The number of benzene rings is 1. The number of carbonyl (C=O) groups is 3. The maximum absolute atomic E-state index is 13.4. The van der Waals surface area contributed by atoms with Crippen molar-refractivity contribution in [3.05, 3.63) is 29.8 Å². The van der Waals surface area contributed by atoms with Crippen LogP contribution in [-0.2, 0) is 19.1 Å². The van der Waals surface area contributed by atoms with Gasteiger partial charge < -0.3 is 35.9 Å². The molecule has 3 rings (SSSR count). The third kappa shape index (κ3) is 9.19. The molecule has 1 aromatic rings. The first-order valence-electron chi connectivity index (χ1n) is 13.3. The Labute approximate surface area is 219 Å². The van der Waals surface area contributed by atoms with Gasteiger partial charge in [-0.2, -0.15) is 0 Å². The quantitative estimate of drug-likeness (QED) is 0.349. The Morgan fingerprint density at radius 3 is 2.51 bits per heavy atom. The standard InChI is InChI=1S/C27H42N4O6/c1-27(2,3)37-26(34)29-14-7-6-9-21(31-25(33)23(28)18-11-15-35-16-12-18)24(32)30-20-13-17-36-22-10-5-4-8-19(20)22/h4-5,8,10,18,20-21,23H,6-7,9,11-17,28H2,1-3H3,(H,29,34)(H,30,32)(H,31,33)/t20-,21+,23+/m1/s1. The molecule has 0 aromatic heterocycles. The SMILES string of the molecule is CC(C)(C)OC(=O)NCCCC[C@H](NC(=O)[C@@H](N)C1CCOCC1)C(=O)N[C@@H]1CCOc2ccccc21. The molecule has 1 aromatic carbocycles. The van der Waals surface area contributed by atoms with Crippen molar-refractivity contribution in [1.82, 2.24) is 16.0 Å². The van der Waals surface area contributed by atoms with Gasteiger partial charge in [-0.15, -0.1) is 0 Å². The van der Waals surface area contributed by atoms with E-state index in [0.29, 0.717) is 52.0 Å². The highest BCUT2D eigenvalue weighted by Crippen LogP contribution is 2.31. The lowest BCUT2D eigenvalue weighted by Gasteiger charge is -2.30. The normalized spacial score (nSPS) is 19.5. The van der Waals surface area contributed by atoms with E-state index in [-0.39, 0.29) is 23.8 Å². The highest BCUT2D eigenvalue weighted by atomic mass is 16.6. The fraction of sp³-hybridized carbons (Fsp3) is 0.667. The molecule has 10 nitrogen and oxygen atoms in total. The Morgan fingerprint density at radius 2 is 1.78 bits per heavy atom. The molecule has 1 fully saturated rings. The van der Waals surface area contributed by atoms with Gasteiger partial charge in [0.1, 0.15) is 17.4 Å². The van der Waals surface area contributed by atoms with E-state index < -0.39 is 23.8 Å². The molecule has 37 heavy (non-hydrogen) atoms. The van der Waals surface area contributed by atoms with Crippen molar-refractivity contribution < 1.29 is 28.6 Å². The van der Waals surface area contributed by atoms with E-state index >= 15 is 0 Å². The minimum absolute atomic E-state index is 0.0258. The average molecular weight is 519 g/mol. The van der Waals surface area contributed by atoms with Crippen molar-refractivity contribution in [1.29, 1.82) is 0 Å². The maximum Gasteiger partial charge on any atom is 0.407 e. The summed E-state index contributed by atoms with van der Waals surface area (Å²) < 4.78 is 16.3. The molecule has 0 spiro atoms. The minimum atomic E-state index is -0.741. The van der Waals surface area contributed by atoms with E-state index in [1.165, 1.54) is 0 Å². The number of hydrogen-bond acceptors (Lipinski definition) is 7. The molecule has 3 amide bonds. The van der Waals surface area contributed by atoms with E-state index in [4.69, 9.17) is 19.9 Å². The van der Waals surface area contributed by atoms with Gasteiger partial charge in [-0.05, 0) is 64.9 Å². The van der Waals surface area contributed by atoms with E-state index in [1.54, 1.807) is 20.8 Å². The van der Waals surface area contributed by atoms with Crippen molar-refractivity contribution in [2.75, 3.05) is 26.4 Å². The highest BCUT2D eigenvalue weighted by Gasteiger charge is 2.31. The maximum atomic E-state index is 13.4. The van der Waals surface area contributed by atoms with Crippen LogP contribution in [0.1, 0.15) is 70.9 Å². The zero-order valence-electron chi connectivity index (χ0n) is 22.2. The molecular weight excluding hydrogens is 476 g/mol. The molecule has 2 aliphatic rings. The Kier molecular flexibility index (Phi) is 10.6. The van der Waals surface area contributed by atoms with Crippen LogP contribution in [0.3, 0.4) is 0 Å². The van der Waals surface area contributed by atoms with Crippen molar-refractivity contribution in [3.63, 3.8) is 0 Å². The summed E-state index contributed by atoms with van der Waals surface area (Å²) in [6.45, 7) is 7.50. The third-order valence-electron chi connectivity index (χ3n) is 6.57. The van der Waals surface area contributed by atoms with Crippen molar-refractivity contribution in [3.8, 4) is 5.75 Å². The van der Waals surface area contributed by atoms with Gasteiger partial charge in [0.05, 0.1) is 18.7 Å². The summed E-state index contributed by atoms with van der Waals surface area (Å²) >= 11 is 0. The molecule has 10 heteroatoms. The lowest BCUT2D eigenvalue weighted by Crippen LogP contribution is -2.54. The topological polar surface area (TPSA) is 141 Å². The van der Waals surface area contributed by atoms with Gasteiger partial charge in [-0.25, -0.2) is 4.79 Å². The molecule has 0 saturated carbocycles. The molecular formula is C27H42N4O6. The highest BCUT2D eigenvalue weighted by molar-refractivity contribution is 5.90. The second-order valence-corrected chi connectivity index (χ2v) is 10.7. The van der Waals surface area contributed by atoms with Gasteiger partial charge >= 0.3 is 6.09 Å². The van der Waals surface area contributed by atoms with Crippen molar-refractivity contribution >= 4 is 17.9 Å². The second kappa shape index (κ2) is 13.6. The predicted octanol–water partition coefficient (Wildman–Crippen LogP) is 2.56. The van der Waals surface area contributed by atoms with Crippen LogP contribution in [0, 0.1) is 5.92 Å². The first-order valence-corrected chi connectivity index (χ1v) is 13.3. The minimum Gasteiger partial charge on any atom is -0.493 e. The summed E-state index contributed by atoms with van der Waals surface area (Å²) in [6, 6.07) is 6.00. The molecule has 2 heterocycles. The first kappa shape index (κ1) is 28.7. The molecule has 2 aliphatic heterocycles. The van der Waals surface area contributed by atoms with Crippen LogP contribution in [0.25, 0.3) is 0 Å². The molecule has 3 atom stereocenters. The number of hydrogen-bond donors (Lipinski definition) is 4. The Morgan fingerprint density at radius 1 is 1.05 bits per heavy atom. The number of nitrogens with one attached hydrogen (secondary N) is 3. The van der Waals surface area contributed by atoms with Crippen LogP contribution >= 0.6 is 0 Å². The summed E-state index contributed by atoms with van der Waals surface area (Å²) in [5.74, 6) is 0.202. The zero-order valence-corrected chi connectivity index (χ0v) is 22.2. The molecule has 206 valence electrons. The zero-order chi connectivity index (χ0) is 26.8. The van der Waals surface area contributed by atoms with Crippen LogP contribution in [0.15, 0.2) is 24.3 Å². The van der Waals surface area contributed by atoms with Gasteiger partial charge in [0.15, 0.2) is 0 Å². The van der Waals surface area contributed by atoms with Gasteiger partial charge in [-0.1, -0.05) is 18.2 Å². The summed E-state index contributed by atoms with van der Waals surface area (Å²) in [5, 5.41) is 8.72. The van der Waals surface area contributed by atoms with E-state index in [9.17, 15) is 14.4 Å². The molecule has 0 radical (unpaired) electrons. The van der Waals surface area contributed by atoms with Crippen molar-refractivity contribution in [2.45, 2.75) is 83.0 Å². The van der Waals surface area contributed by atoms with Crippen LogP contribution in [0.5, 0.6) is 5.75 Å². The van der Waals surface area contributed by atoms with Crippen LogP contribution in [0.2, 0.25) is 0 Å². The number of fused-ring (bicyclic) bond motifs is 1. The van der Waals surface area contributed by atoms with Gasteiger partial charge in [0, 0.05) is 31.7 Å². The summed E-state index contributed by atoms with van der Waals surface area (Å²) in [4.78, 5) is 38.2. The largest absolute Gasteiger partial charge is 0.493 e. The fourth-order valence-electron chi connectivity index (χ4n) is 4.57. The number of nitrogens with two attached hydrogens (primary N) is 1. The third-order valence-corrected chi connectivity index (χ3v) is 6.57. The number of alkyl carbamates (subject to hydrolysis) is 1. The van der Waals surface area contributed by atoms with Gasteiger partial charge in [0.2, 0.25) is 11.8 Å². The monoisotopic (exact) mass is 518 g/mol. The number of ether oxygens (including phenoxy) is 3. The fourth-order valence-corrected chi connectivity index (χ4v) is 4.57. The van der Waals surface area contributed by atoms with Crippen LogP contribution in [-0.4, -0.2) is 62.0 Å². The van der Waals surface area contributed by atoms with Gasteiger partial charge in [-0.3, -0.25) is 9.59 Å². The number of para-hydroxylation sites is 1. The summed E-state index contributed by atoms with van der Waals surface area (Å²) in [7, 11) is 0. The summed E-state index contributed by atoms with van der Waals surface area (Å²) in [6.07, 6.45) is 3.27. The first-order chi connectivity index (χ1) is 17.6. The molecule has 5 N–H and O–H groups in total. The molecule has 0 unspecified atom stereocenters. The predicted molar refractivity (Wildman–Crippen MR) is 139 cm³/mol. The number of carbonyl (C=O) groups excluding carboxylic acids is 3. The molecule has 1 saturated heterocycles. The van der Waals surface area contributed by atoms with Crippen molar-refractivity contribution in [2.24, 2.45) is 11.7 Å². The number of amides is 3. The van der Waals surface area contributed by atoms with Crippen LogP contribution in [0.4, 0.5) is 4.79 Å². The van der Waals surface area contributed by atoms with E-state index in [2.05, 4.69) is 16.0 Å². The molecule has 0 aliphatic carbocycles. The lowest BCUT2D eigenvalue weighted by atomic mass is 9.91. The second-order valence-electron chi connectivity index (χ2n) is 10.7.